The molecule has 2 rings (SSSR count). The summed E-state index contributed by atoms with van der Waals surface area (Å²) in [6.07, 6.45) is 4.12. The SMILES string of the molecule is CN(CC1CCCO1)c1ccc(C(N)=NO)cn1. The van der Waals surface area contributed by atoms with Gasteiger partial charge in [-0.05, 0) is 25.0 Å². The second-order valence-corrected chi connectivity index (χ2v) is 4.41. The van der Waals surface area contributed by atoms with Crippen LogP contribution in [-0.4, -0.2) is 42.3 Å². The molecule has 0 bridgehead atoms. The Balaban J connectivity index is 1.99. The fraction of sp³-hybridized carbons (Fsp3) is 0.500. The van der Waals surface area contributed by atoms with E-state index in [0.717, 1.165) is 31.8 Å². The first-order valence-electron chi connectivity index (χ1n) is 5.97. The molecule has 1 aliphatic heterocycles. The van der Waals surface area contributed by atoms with Crippen LogP contribution in [-0.2, 0) is 4.74 Å². The van der Waals surface area contributed by atoms with E-state index in [1.807, 2.05) is 18.0 Å². The maximum absolute atomic E-state index is 8.56. The van der Waals surface area contributed by atoms with Crippen molar-refractivity contribution in [2.24, 2.45) is 10.9 Å². The molecule has 1 fully saturated rings. The van der Waals surface area contributed by atoms with Gasteiger partial charge in [-0.25, -0.2) is 4.98 Å². The molecular weight excluding hydrogens is 232 g/mol. The van der Waals surface area contributed by atoms with Gasteiger partial charge < -0.3 is 20.6 Å². The lowest BCUT2D eigenvalue weighted by Crippen LogP contribution is -2.29. The van der Waals surface area contributed by atoms with E-state index in [4.69, 9.17) is 15.7 Å². The van der Waals surface area contributed by atoms with Crippen LogP contribution < -0.4 is 10.6 Å². The summed E-state index contributed by atoms with van der Waals surface area (Å²) >= 11 is 0. The smallest absolute Gasteiger partial charge is 0.171 e. The second kappa shape index (κ2) is 5.68. The van der Waals surface area contributed by atoms with Gasteiger partial charge in [-0.15, -0.1) is 0 Å². The molecule has 98 valence electrons. The average Bonchev–Trinajstić information content (AvgIpc) is 2.91. The van der Waals surface area contributed by atoms with Crippen LogP contribution >= 0.6 is 0 Å². The summed E-state index contributed by atoms with van der Waals surface area (Å²) < 4.78 is 5.58. The zero-order valence-electron chi connectivity index (χ0n) is 10.4. The number of nitrogens with zero attached hydrogens (tertiary/aromatic N) is 3. The molecule has 1 aromatic rings. The molecule has 1 aromatic heterocycles. The Hall–Kier alpha value is -1.82. The molecule has 0 saturated carbocycles. The van der Waals surface area contributed by atoms with Gasteiger partial charge in [0.2, 0.25) is 0 Å². The van der Waals surface area contributed by atoms with E-state index in [1.54, 1.807) is 12.3 Å². The van der Waals surface area contributed by atoms with Crippen molar-refractivity contribution in [2.75, 3.05) is 25.1 Å². The number of amidine groups is 1. The fourth-order valence-electron chi connectivity index (χ4n) is 2.01. The minimum absolute atomic E-state index is 0.0656. The normalized spacial score (nSPS) is 20.1. The van der Waals surface area contributed by atoms with Crippen molar-refractivity contribution in [2.45, 2.75) is 18.9 Å². The number of pyridine rings is 1. The molecule has 6 heteroatoms. The zero-order valence-corrected chi connectivity index (χ0v) is 10.4. The number of hydrogen-bond donors (Lipinski definition) is 2. The van der Waals surface area contributed by atoms with Crippen molar-refractivity contribution < 1.29 is 9.94 Å². The van der Waals surface area contributed by atoms with Crippen LogP contribution in [0.2, 0.25) is 0 Å². The fourth-order valence-corrected chi connectivity index (χ4v) is 2.01. The van der Waals surface area contributed by atoms with Crippen LogP contribution in [0.3, 0.4) is 0 Å². The molecule has 0 aliphatic carbocycles. The standard InChI is InChI=1S/C12H18N4O2/c1-16(8-10-3-2-6-18-10)11-5-4-9(7-14-11)12(13)15-17/h4-5,7,10,17H,2-3,6,8H2,1H3,(H2,13,15). The summed E-state index contributed by atoms with van der Waals surface area (Å²) in [6.45, 7) is 1.68. The summed E-state index contributed by atoms with van der Waals surface area (Å²) in [5.41, 5.74) is 6.08. The summed E-state index contributed by atoms with van der Waals surface area (Å²) in [5, 5.41) is 11.5. The first kappa shape index (κ1) is 12.6. The Morgan fingerprint density at radius 1 is 1.67 bits per heavy atom. The van der Waals surface area contributed by atoms with E-state index in [-0.39, 0.29) is 5.84 Å². The molecule has 0 spiro atoms. The quantitative estimate of drug-likeness (QED) is 0.357. The third kappa shape index (κ3) is 2.89. The van der Waals surface area contributed by atoms with Crippen LogP contribution in [0.25, 0.3) is 0 Å². The molecule has 0 aromatic carbocycles. The van der Waals surface area contributed by atoms with Crippen molar-refractivity contribution in [3.8, 4) is 0 Å². The molecule has 6 nitrogen and oxygen atoms in total. The molecule has 1 unspecified atom stereocenters. The van der Waals surface area contributed by atoms with Crippen LogP contribution in [0, 0.1) is 0 Å². The Morgan fingerprint density at radius 3 is 3.06 bits per heavy atom. The minimum Gasteiger partial charge on any atom is -0.409 e. The van der Waals surface area contributed by atoms with E-state index >= 15 is 0 Å². The van der Waals surface area contributed by atoms with Gasteiger partial charge in [0.25, 0.3) is 0 Å². The van der Waals surface area contributed by atoms with Gasteiger partial charge in [-0.3, -0.25) is 0 Å². The van der Waals surface area contributed by atoms with Crippen molar-refractivity contribution in [3.05, 3.63) is 23.9 Å². The maximum atomic E-state index is 8.56. The van der Waals surface area contributed by atoms with Gasteiger partial charge >= 0.3 is 0 Å². The highest BCUT2D eigenvalue weighted by atomic mass is 16.5. The first-order chi connectivity index (χ1) is 8.70. The van der Waals surface area contributed by atoms with Crippen LogP contribution in [0.4, 0.5) is 5.82 Å². The number of aromatic nitrogens is 1. The molecule has 18 heavy (non-hydrogen) atoms. The highest BCUT2D eigenvalue weighted by Gasteiger charge is 2.18. The van der Waals surface area contributed by atoms with E-state index in [9.17, 15) is 0 Å². The minimum atomic E-state index is 0.0656. The van der Waals surface area contributed by atoms with Gasteiger partial charge in [0.1, 0.15) is 5.82 Å². The summed E-state index contributed by atoms with van der Waals surface area (Å²) in [7, 11) is 1.98. The summed E-state index contributed by atoms with van der Waals surface area (Å²) in [5.74, 6) is 0.913. The lowest BCUT2D eigenvalue weighted by atomic mass is 10.2. The Bertz CT molecular complexity index is 413. The molecule has 1 saturated heterocycles. The number of ether oxygens (including phenoxy) is 1. The number of rotatable bonds is 4. The number of oxime groups is 1. The van der Waals surface area contributed by atoms with Gasteiger partial charge in [0.15, 0.2) is 5.84 Å². The molecule has 1 aliphatic rings. The van der Waals surface area contributed by atoms with Crippen LogP contribution in [0.15, 0.2) is 23.5 Å². The van der Waals surface area contributed by atoms with Crippen LogP contribution in [0.5, 0.6) is 0 Å². The molecule has 0 radical (unpaired) electrons. The molecule has 3 N–H and O–H groups in total. The van der Waals surface area contributed by atoms with E-state index in [0.29, 0.717) is 11.7 Å². The predicted octanol–water partition coefficient (Wildman–Crippen LogP) is 0.791. The first-order valence-corrected chi connectivity index (χ1v) is 5.97. The molecule has 0 amide bonds. The zero-order chi connectivity index (χ0) is 13.0. The van der Waals surface area contributed by atoms with E-state index in [1.165, 1.54) is 0 Å². The topological polar surface area (TPSA) is 84.0 Å². The predicted molar refractivity (Wildman–Crippen MR) is 69.0 cm³/mol. The van der Waals surface area contributed by atoms with Crippen molar-refractivity contribution in [3.63, 3.8) is 0 Å². The Kier molecular flexibility index (Phi) is 3.99. The molecular formula is C12H18N4O2. The molecule has 1 atom stereocenters. The van der Waals surface area contributed by atoms with Gasteiger partial charge in [-0.2, -0.15) is 0 Å². The number of anilines is 1. The summed E-state index contributed by atoms with van der Waals surface area (Å²) in [4.78, 5) is 6.34. The largest absolute Gasteiger partial charge is 0.409 e. The summed E-state index contributed by atoms with van der Waals surface area (Å²) in [6, 6.07) is 3.63. The van der Waals surface area contributed by atoms with Crippen molar-refractivity contribution >= 4 is 11.7 Å². The van der Waals surface area contributed by atoms with Crippen molar-refractivity contribution in [1.29, 1.82) is 0 Å². The highest BCUT2D eigenvalue weighted by molar-refractivity contribution is 5.96. The number of likely N-dealkylation sites (N-methyl/N-ethyl adjacent to an activating group) is 1. The number of hydrogen-bond acceptors (Lipinski definition) is 5. The lowest BCUT2D eigenvalue weighted by Gasteiger charge is -2.21. The highest BCUT2D eigenvalue weighted by Crippen LogP contribution is 2.16. The number of nitrogens with two attached hydrogens (primary N) is 1. The van der Waals surface area contributed by atoms with Gasteiger partial charge in [0.05, 0.1) is 6.10 Å². The third-order valence-electron chi connectivity index (χ3n) is 3.04. The second-order valence-electron chi connectivity index (χ2n) is 4.41. The van der Waals surface area contributed by atoms with E-state index in [2.05, 4.69) is 10.1 Å². The lowest BCUT2D eigenvalue weighted by molar-refractivity contribution is 0.116. The van der Waals surface area contributed by atoms with Crippen molar-refractivity contribution in [1.82, 2.24) is 4.98 Å². The average molecular weight is 250 g/mol. The Labute approximate surface area is 106 Å². The molecule has 2 heterocycles. The van der Waals surface area contributed by atoms with Crippen LogP contribution in [0.1, 0.15) is 18.4 Å². The Morgan fingerprint density at radius 2 is 2.50 bits per heavy atom. The maximum Gasteiger partial charge on any atom is 0.171 e. The third-order valence-corrected chi connectivity index (χ3v) is 3.04. The van der Waals surface area contributed by atoms with Gasteiger partial charge in [-0.1, -0.05) is 5.16 Å². The van der Waals surface area contributed by atoms with E-state index < -0.39 is 0 Å². The monoisotopic (exact) mass is 250 g/mol. The van der Waals surface area contributed by atoms with Gasteiger partial charge in [0, 0.05) is 32.0 Å².